The molecule has 0 fully saturated rings. The van der Waals surface area contributed by atoms with Gasteiger partial charge in [0, 0.05) is 25.7 Å². The van der Waals surface area contributed by atoms with Gasteiger partial charge in [0.2, 0.25) is 12.3 Å². The lowest BCUT2D eigenvalue weighted by molar-refractivity contribution is -0.118. The highest BCUT2D eigenvalue weighted by Crippen LogP contribution is 2.15. The molecule has 1 rings (SSSR count). The number of primary amides is 1. The van der Waals surface area contributed by atoms with Gasteiger partial charge < -0.3 is 10.3 Å². The maximum Gasteiger partial charge on any atom is 0.276 e. The van der Waals surface area contributed by atoms with Gasteiger partial charge in [0.25, 0.3) is 5.91 Å². The first kappa shape index (κ1) is 13.0. The predicted octanol–water partition coefficient (Wildman–Crippen LogP) is 0.153. The van der Waals surface area contributed by atoms with E-state index in [0.29, 0.717) is 12.1 Å². The van der Waals surface area contributed by atoms with Crippen LogP contribution in [0, 0.1) is 0 Å². The zero-order valence-corrected chi connectivity index (χ0v) is 9.79. The first-order chi connectivity index (χ1) is 7.97. The van der Waals surface area contributed by atoms with Crippen molar-refractivity contribution in [2.24, 2.45) is 5.73 Å². The third-order valence-corrected chi connectivity index (χ3v) is 2.45. The highest BCUT2D eigenvalue weighted by molar-refractivity contribution is 5.98. The van der Waals surface area contributed by atoms with E-state index in [-0.39, 0.29) is 12.5 Å². The molecule has 0 aliphatic heterocycles. The smallest absolute Gasteiger partial charge is 0.276 e. The summed E-state index contributed by atoms with van der Waals surface area (Å²) >= 11 is 0. The van der Waals surface area contributed by atoms with Crippen LogP contribution in [-0.2, 0) is 9.59 Å². The third-order valence-electron chi connectivity index (χ3n) is 2.45. The average molecular weight is 237 g/mol. The topological polar surface area (TPSA) is 85.4 Å². The molecule has 6 heteroatoms. The first-order valence-electron chi connectivity index (χ1n) is 5.15. The normalized spacial score (nSPS) is 11.9. The van der Waals surface area contributed by atoms with Crippen LogP contribution < -0.4 is 5.73 Å². The molecule has 0 aliphatic rings. The van der Waals surface area contributed by atoms with E-state index in [1.54, 1.807) is 29.8 Å². The van der Waals surface area contributed by atoms with Crippen molar-refractivity contribution in [3.8, 4) is 0 Å². The molecule has 0 saturated carbocycles. The van der Waals surface area contributed by atoms with Crippen molar-refractivity contribution < 1.29 is 14.4 Å². The van der Waals surface area contributed by atoms with E-state index >= 15 is 0 Å². The Bertz CT molecular complexity index is 439. The van der Waals surface area contributed by atoms with Crippen molar-refractivity contribution in [2.45, 2.75) is 19.4 Å². The number of carbonyl (C=O) groups excluding carboxylic acids is 3. The minimum absolute atomic E-state index is 0.139. The molecule has 3 amide bonds. The van der Waals surface area contributed by atoms with E-state index in [1.807, 2.05) is 0 Å². The van der Waals surface area contributed by atoms with Gasteiger partial charge in [-0.05, 0) is 19.1 Å². The zero-order chi connectivity index (χ0) is 13.0. The second kappa shape index (κ2) is 5.29. The molecule has 0 saturated heterocycles. The van der Waals surface area contributed by atoms with Crippen LogP contribution in [0.4, 0.5) is 0 Å². The number of nitrogens with two attached hydrogens (primary N) is 1. The van der Waals surface area contributed by atoms with Crippen LogP contribution in [0.5, 0.6) is 0 Å². The number of carbonyl (C=O) groups is 3. The summed E-state index contributed by atoms with van der Waals surface area (Å²) in [5.74, 6) is -0.852. The molecule has 0 aromatic carbocycles. The second-order valence-corrected chi connectivity index (χ2v) is 3.84. The fraction of sp³-hybridized carbons (Fsp3) is 0.364. The molecule has 1 unspecified atom stereocenters. The van der Waals surface area contributed by atoms with Crippen molar-refractivity contribution >= 4 is 18.2 Å². The number of hydrogen-bond acceptors (Lipinski definition) is 3. The summed E-state index contributed by atoms with van der Waals surface area (Å²) in [5.41, 5.74) is 5.46. The molecule has 0 bridgehead atoms. The molecule has 1 heterocycles. The van der Waals surface area contributed by atoms with Crippen molar-refractivity contribution in [2.75, 3.05) is 7.05 Å². The number of hydrogen-bond donors (Lipinski definition) is 1. The number of nitrogens with zero attached hydrogens (tertiary/aromatic N) is 2. The van der Waals surface area contributed by atoms with Gasteiger partial charge >= 0.3 is 0 Å². The highest BCUT2D eigenvalue weighted by atomic mass is 16.2. The summed E-state index contributed by atoms with van der Waals surface area (Å²) < 4.78 is 1.63. The fourth-order valence-corrected chi connectivity index (χ4v) is 1.58. The van der Waals surface area contributed by atoms with Gasteiger partial charge in [-0.1, -0.05) is 0 Å². The summed E-state index contributed by atoms with van der Waals surface area (Å²) in [6, 6.07) is 3.06. The highest BCUT2D eigenvalue weighted by Gasteiger charge is 2.18. The van der Waals surface area contributed by atoms with Crippen LogP contribution in [0.1, 0.15) is 29.9 Å². The number of amides is 3. The predicted molar refractivity (Wildman–Crippen MR) is 61.1 cm³/mol. The van der Waals surface area contributed by atoms with Crippen LogP contribution >= 0.6 is 0 Å². The third kappa shape index (κ3) is 2.93. The second-order valence-electron chi connectivity index (χ2n) is 3.84. The molecule has 1 atom stereocenters. The van der Waals surface area contributed by atoms with Crippen molar-refractivity contribution in [3.05, 3.63) is 24.0 Å². The Hall–Kier alpha value is -2.11. The monoisotopic (exact) mass is 237 g/mol. The van der Waals surface area contributed by atoms with Gasteiger partial charge in [0.05, 0.1) is 0 Å². The molecule has 0 spiro atoms. The fourth-order valence-electron chi connectivity index (χ4n) is 1.58. The lowest BCUT2D eigenvalue weighted by atomic mass is 10.2. The van der Waals surface area contributed by atoms with E-state index in [9.17, 15) is 14.4 Å². The summed E-state index contributed by atoms with van der Waals surface area (Å²) in [4.78, 5) is 34.1. The summed E-state index contributed by atoms with van der Waals surface area (Å²) in [5, 5.41) is 0. The van der Waals surface area contributed by atoms with Gasteiger partial charge in [-0.2, -0.15) is 0 Å². The Morgan fingerprint density at radius 3 is 2.76 bits per heavy atom. The maximum atomic E-state index is 11.8. The Kier molecular flexibility index (Phi) is 4.03. The molecular formula is C11H15N3O3. The maximum absolute atomic E-state index is 11.8. The lowest BCUT2D eigenvalue weighted by Gasteiger charge is -2.17. The number of aromatic nitrogens is 1. The quantitative estimate of drug-likeness (QED) is 0.740. The summed E-state index contributed by atoms with van der Waals surface area (Å²) in [7, 11) is 1.38. The van der Waals surface area contributed by atoms with Crippen LogP contribution in [-0.4, -0.2) is 34.7 Å². The largest absolute Gasteiger partial charge is 0.370 e. The molecule has 2 N–H and O–H groups in total. The van der Waals surface area contributed by atoms with E-state index in [1.165, 1.54) is 7.05 Å². The molecule has 1 aromatic rings. The Balaban J connectivity index is 2.96. The van der Waals surface area contributed by atoms with Gasteiger partial charge in [0.1, 0.15) is 5.69 Å². The minimum Gasteiger partial charge on any atom is -0.370 e. The molecule has 0 radical (unpaired) electrons. The summed E-state index contributed by atoms with van der Waals surface area (Å²) in [6.07, 6.45) is 2.26. The van der Waals surface area contributed by atoms with Crippen LogP contribution in [0.25, 0.3) is 0 Å². The van der Waals surface area contributed by atoms with Crippen molar-refractivity contribution in [3.63, 3.8) is 0 Å². The zero-order valence-electron chi connectivity index (χ0n) is 9.79. The SMILES string of the molecule is CC(CC(N)=O)n1cccc1C(=O)N(C)C=O. The Labute approximate surface area is 99.0 Å². The summed E-state index contributed by atoms with van der Waals surface area (Å²) in [6.45, 7) is 1.78. The molecule has 17 heavy (non-hydrogen) atoms. The van der Waals surface area contributed by atoms with Gasteiger partial charge in [0.15, 0.2) is 0 Å². The average Bonchev–Trinajstić information content (AvgIpc) is 2.74. The number of rotatable bonds is 5. The molecule has 1 aromatic heterocycles. The van der Waals surface area contributed by atoms with Crippen molar-refractivity contribution in [1.29, 1.82) is 0 Å². The van der Waals surface area contributed by atoms with E-state index < -0.39 is 11.8 Å². The van der Waals surface area contributed by atoms with E-state index in [0.717, 1.165) is 4.90 Å². The molecular weight excluding hydrogens is 222 g/mol. The van der Waals surface area contributed by atoms with Crippen LogP contribution in [0.2, 0.25) is 0 Å². The molecule has 92 valence electrons. The minimum atomic E-state index is -0.437. The van der Waals surface area contributed by atoms with Crippen molar-refractivity contribution in [1.82, 2.24) is 9.47 Å². The van der Waals surface area contributed by atoms with Gasteiger partial charge in [-0.25, -0.2) is 0 Å². The van der Waals surface area contributed by atoms with Crippen LogP contribution in [0.3, 0.4) is 0 Å². The van der Waals surface area contributed by atoms with Gasteiger partial charge in [-0.15, -0.1) is 0 Å². The Morgan fingerprint density at radius 1 is 1.59 bits per heavy atom. The van der Waals surface area contributed by atoms with E-state index in [4.69, 9.17) is 5.73 Å². The molecule has 6 nitrogen and oxygen atoms in total. The number of imide groups is 1. The lowest BCUT2D eigenvalue weighted by Crippen LogP contribution is -2.28. The standard InChI is InChI=1S/C11H15N3O3/c1-8(6-10(12)16)14-5-3-4-9(14)11(17)13(2)7-15/h3-5,7-8H,6H2,1-2H3,(H2,12,16). The Morgan fingerprint density at radius 2 is 2.24 bits per heavy atom. The van der Waals surface area contributed by atoms with Crippen LogP contribution in [0.15, 0.2) is 18.3 Å². The first-order valence-corrected chi connectivity index (χ1v) is 5.15. The van der Waals surface area contributed by atoms with E-state index in [2.05, 4.69) is 0 Å². The van der Waals surface area contributed by atoms with Gasteiger partial charge in [-0.3, -0.25) is 19.3 Å². The molecule has 0 aliphatic carbocycles.